The van der Waals surface area contributed by atoms with Crippen LogP contribution in [0, 0.1) is 6.92 Å². The zero-order valence-corrected chi connectivity index (χ0v) is 11.6. The Kier molecular flexibility index (Phi) is 2.93. The van der Waals surface area contributed by atoms with Gasteiger partial charge in [-0.1, -0.05) is 0 Å². The Morgan fingerprint density at radius 1 is 1.56 bits per heavy atom. The number of anilines is 1. The highest BCUT2D eigenvalue weighted by Crippen LogP contribution is 2.37. The van der Waals surface area contributed by atoms with Gasteiger partial charge in [0.05, 0.1) is 5.69 Å². The van der Waals surface area contributed by atoms with Crippen LogP contribution < -0.4 is 5.32 Å². The maximum absolute atomic E-state index is 4.43. The molecule has 3 heterocycles. The van der Waals surface area contributed by atoms with Crippen LogP contribution in [0.15, 0.2) is 18.5 Å². The fraction of sp³-hybridized carbons (Fsp3) is 0.538. The van der Waals surface area contributed by atoms with E-state index < -0.39 is 0 Å². The van der Waals surface area contributed by atoms with E-state index in [0.29, 0.717) is 4.75 Å². The summed E-state index contributed by atoms with van der Waals surface area (Å²) in [6, 6.07) is 2.07. The van der Waals surface area contributed by atoms with E-state index in [1.807, 2.05) is 17.6 Å². The van der Waals surface area contributed by atoms with E-state index in [4.69, 9.17) is 0 Å². The quantitative estimate of drug-likeness (QED) is 0.923. The number of fused-ring (bicyclic) bond motifs is 1. The molecule has 3 rings (SSSR count). The van der Waals surface area contributed by atoms with Gasteiger partial charge in [0.2, 0.25) is 0 Å². The number of aryl methyl sites for hydroxylation is 1. The summed E-state index contributed by atoms with van der Waals surface area (Å²) in [5.74, 6) is 2.22. The maximum Gasteiger partial charge on any atom is 0.152 e. The smallest absolute Gasteiger partial charge is 0.152 e. The zero-order valence-electron chi connectivity index (χ0n) is 10.8. The van der Waals surface area contributed by atoms with Crippen molar-refractivity contribution in [3.05, 3.63) is 24.2 Å². The van der Waals surface area contributed by atoms with Crippen molar-refractivity contribution in [2.45, 2.75) is 31.4 Å². The van der Waals surface area contributed by atoms with Crippen LogP contribution in [-0.4, -0.2) is 31.6 Å². The Hall–Kier alpha value is -1.23. The molecule has 0 radical (unpaired) electrons. The third-order valence-electron chi connectivity index (χ3n) is 3.44. The molecule has 1 unspecified atom stereocenters. The summed E-state index contributed by atoms with van der Waals surface area (Å²) in [5.41, 5.74) is 2.08. The number of aromatic nitrogens is 3. The molecule has 1 N–H and O–H groups in total. The van der Waals surface area contributed by atoms with Crippen molar-refractivity contribution in [3.63, 3.8) is 0 Å². The molecule has 0 aromatic carbocycles. The number of thioether (sulfide) groups is 1. The summed E-state index contributed by atoms with van der Waals surface area (Å²) < 4.78 is 2.23. The van der Waals surface area contributed by atoms with Crippen LogP contribution in [0.5, 0.6) is 0 Å². The van der Waals surface area contributed by atoms with Crippen molar-refractivity contribution in [1.82, 2.24) is 14.6 Å². The molecule has 0 aliphatic carbocycles. The van der Waals surface area contributed by atoms with Gasteiger partial charge in [0.1, 0.15) is 5.52 Å². The molecule has 5 heteroatoms. The average molecular weight is 262 g/mol. The van der Waals surface area contributed by atoms with Crippen molar-refractivity contribution >= 4 is 23.1 Å². The Morgan fingerprint density at radius 3 is 3.22 bits per heavy atom. The van der Waals surface area contributed by atoms with Gasteiger partial charge in [0, 0.05) is 23.7 Å². The number of nitrogens with zero attached hydrogens (tertiary/aromatic N) is 3. The minimum atomic E-state index is 0.351. The monoisotopic (exact) mass is 262 g/mol. The summed E-state index contributed by atoms with van der Waals surface area (Å²) in [6.07, 6.45) is 6.30. The van der Waals surface area contributed by atoms with Gasteiger partial charge in [0.15, 0.2) is 5.82 Å². The third-order valence-corrected chi connectivity index (χ3v) is 4.98. The Morgan fingerprint density at radius 2 is 2.44 bits per heavy atom. The second-order valence-electron chi connectivity index (χ2n) is 5.15. The third kappa shape index (κ3) is 2.19. The first-order valence-corrected chi connectivity index (χ1v) is 7.34. The number of hydrogen-bond donors (Lipinski definition) is 1. The molecule has 2 aromatic heterocycles. The van der Waals surface area contributed by atoms with Gasteiger partial charge in [-0.2, -0.15) is 16.9 Å². The molecule has 0 saturated carbocycles. The largest absolute Gasteiger partial charge is 0.367 e. The predicted octanol–water partition coefficient (Wildman–Crippen LogP) is 2.74. The van der Waals surface area contributed by atoms with Crippen LogP contribution in [0.25, 0.3) is 5.52 Å². The molecule has 0 spiro atoms. The highest BCUT2D eigenvalue weighted by Gasteiger charge is 2.29. The van der Waals surface area contributed by atoms with Crippen molar-refractivity contribution in [2.75, 3.05) is 17.6 Å². The SMILES string of the molecule is Cc1cc2c(NCC3(C)CCCS3)nccn2n1. The van der Waals surface area contributed by atoms with Crippen LogP contribution in [0.2, 0.25) is 0 Å². The fourth-order valence-corrected chi connectivity index (χ4v) is 3.67. The van der Waals surface area contributed by atoms with Crippen molar-refractivity contribution in [2.24, 2.45) is 0 Å². The van der Waals surface area contributed by atoms with Crippen LogP contribution in [0.3, 0.4) is 0 Å². The lowest BCUT2D eigenvalue weighted by molar-refractivity contribution is 0.634. The topological polar surface area (TPSA) is 42.2 Å². The summed E-state index contributed by atoms with van der Waals surface area (Å²) in [7, 11) is 0. The molecular weight excluding hydrogens is 244 g/mol. The van der Waals surface area contributed by atoms with E-state index in [-0.39, 0.29) is 0 Å². The van der Waals surface area contributed by atoms with E-state index in [9.17, 15) is 0 Å². The first-order chi connectivity index (χ1) is 8.66. The summed E-state index contributed by atoms with van der Waals surface area (Å²) in [4.78, 5) is 4.43. The van der Waals surface area contributed by atoms with E-state index >= 15 is 0 Å². The highest BCUT2D eigenvalue weighted by molar-refractivity contribution is 8.00. The van der Waals surface area contributed by atoms with Gasteiger partial charge < -0.3 is 5.32 Å². The van der Waals surface area contributed by atoms with E-state index in [1.54, 1.807) is 6.20 Å². The van der Waals surface area contributed by atoms with Crippen LogP contribution >= 0.6 is 11.8 Å². The number of nitrogens with one attached hydrogen (secondary N) is 1. The van der Waals surface area contributed by atoms with Gasteiger partial charge in [-0.05, 0) is 38.5 Å². The number of rotatable bonds is 3. The van der Waals surface area contributed by atoms with Crippen molar-refractivity contribution < 1.29 is 0 Å². The van der Waals surface area contributed by atoms with Crippen molar-refractivity contribution in [1.29, 1.82) is 0 Å². The van der Waals surface area contributed by atoms with Gasteiger partial charge in [-0.3, -0.25) is 0 Å². The second-order valence-corrected chi connectivity index (χ2v) is 6.83. The molecule has 4 nitrogen and oxygen atoms in total. The standard InChI is InChI=1S/C13H18N4S/c1-10-8-11-12(14-5-6-17(11)16-10)15-9-13(2)4-3-7-18-13/h5-6,8H,3-4,7,9H2,1-2H3,(H,14,15). The lowest BCUT2D eigenvalue weighted by Crippen LogP contribution is -2.27. The first kappa shape index (κ1) is 11.8. The molecular formula is C13H18N4S. The highest BCUT2D eigenvalue weighted by atomic mass is 32.2. The van der Waals surface area contributed by atoms with Crippen molar-refractivity contribution in [3.8, 4) is 0 Å². The zero-order chi connectivity index (χ0) is 12.6. The van der Waals surface area contributed by atoms with E-state index in [0.717, 1.165) is 23.6 Å². The Labute approximate surface area is 111 Å². The van der Waals surface area contributed by atoms with Crippen LogP contribution in [-0.2, 0) is 0 Å². The van der Waals surface area contributed by atoms with Crippen LogP contribution in [0.4, 0.5) is 5.82 Å². The molecule has 1 atom stereocenters. The fourth-order valence-electron chi connectivity index (χ4n) is 2.43. The van der Waals surface area contributed by atoms with Gasteiger partial charge >= 0.3 is 0 Å². The lowest BCUT2D eigenvalue weighted by atomic mass is 10.1. The molecule has 18 heavy (non-hydrogen) atoms. The molecule has 96 valence electrons. The second kappa shape index (κ2) is 4.46. The predicted molar refractivity (Wildman–Crippen MR) is 76.3 cm³/mol. The Bertz CT molecular complexity index is 557. The minimum absolute atomic E-state index is 0.351. The molecule has 0 amide bonds. The molecule has 1 aliphatic heterocycles. The van der Waals surface area contributed by atoms with Gasteiger partial charge in [-0.15, -0.1) is 0 Å². The summed E-state index contributed by atoms with van der Waals surface area (Å²) >= 11 is 2.06. The summed E-state index contributed by atoms with van der Waals surface area (Å²) in [6.45, 7) is 5.30. The first-order valence-electron chi connectivity index (χ1n) is 6.35. The Balaban J connectivity index is 1.82. The molecule has 2 aromatic rings. The average Bonchev–Trinajstić information content (AvgIpc) is 2.92. The molecule has 1 saturated heterocycles. The van der Waals surface area contributed by atoms with E-state index in [1.165, 1.54) is 18.6 Å². The lowest BCUT2D eigenvalue weighted by Gasteiger charge is -2.23. The molecule has 1 aliphatic rings. The number of hydrogen-bond acceptors (Lipinski definition) is 4. The van der Waals surface area contributed by atoms with Crippen LogP contribution in [0.1, 0.15) is 25.5 Å². The molecule has 1 fully saturated rings. The normalized spacial score (nSPS) is 23.7. The van der Waals surface area contributed by atoms with E-state index in [2.05, 4.69) is 40.2 Å². The summed E-state index contributed by atoms with van der Waals surface area (Å²) in [5, 5.41) is 7.89. The minimum Gasteiger partial charge on any atom is -0.367 e. The maximum atomic E-state index is 4.43. The van der Waals surface area contributed by atoms with Gasteiger partial charge in [-0.25, -0.2) is 9.50 Å². The molecule has 0 bridgehead atoms. The van der Waals surface area contributed by atoms with Gasteiger partial charge in [0.25, 0.3) is 0 Å².